The van der Waals surface area contributed by atoms with Crippen molar-refractivity contribution in [2.75, 3.05) is 14.2 Å². The molecule has 1 saturated carbocycles. The first-order valence-electron chi connectivity index (χ1n) is 5.76. The van der Waals surface area contributed by atoms with E-state index >= 15 is 0 Å². The van der Waals surface area contributed by atoms with E-state index in [9.17, 15) is 4.39 Å². The average molecular weight is 239 g/mol. The van der Waals surface area contributed by atoms with Crippen molar-refractivity contribution in [2.45, 2.75) is 31.4 Å². The molecule has 1 aromatic carbocycles. The van der Waals surface area contributed by atoms with E-state index in [0.717, 1.165) is 19.3 Å². The molecule has 0 saturated heterocycles. The van der Waals surface area contributed by atoms with E-state index in [2.05, 4.69) is 0 Å². The van der Waals surface area contributed by atoms with Crippen LogP contribution in [0, 0.1) is 5.82 Å². The van der Waals surface area contributed by atoms with Crippen LogP contribution in [-0.4, -0.2) is 14.2 Å². The van der Waals surface area contributed by atoms with Crippen LogP contribution in [0.2, 0.25) is 0 Å². The minimum absolute atomic E-state index is 0.193. The minimum atomic E-state index is -0.501. The lowest BCUT2D eigenvalue weighted by molar-refractivity contribution is 0.175. The maximum absolute atomic E-state index is 14.4. The van der Waals surface area contributed by atoms with Crippen LogP contribution in [-0.2, 0) is 16.9 Å². The van der Waals surface area contributed by atoms with Gasteiger partial charge in [-0.05, 0) is 25.3 Å². The zero-order valence-corrected chi connectivity index (χ0v) is 10.3. The Balaban J connectivity index is 2.45. The molecule has 1 aliphatic rings. The quantitative estimate of drug-likeness (QED) is 0.877. The normalized spacial score (nSPS) is 17.6. The summed E-state index contributed by atoms with van der Waals surface area (Å²) in [7, 11) is 3.06. The molecule has 0 bridgehead atoms. The van der Waals surface area contributed by atoms with Crippen LogP contribution in [0.1, 0.15) is 30.4 Å². The fraction of sp³-hybridized carbons (Fsp3) is 0.538. The third kappa shape index (κ3) is 2.03. The highest BCUT2D eigenvalue weighted by atomic mass is 19.1. The second-order valence-electron chi connectivity index (χ2n) is 4.55. The Morgan fingerprint density at radius 1 is 1.35 bits per heavy atom. The van der Waals surface area contributed by atoms with Crippen LogP contribution in [0.15, 0.2) is 12.1 Å². The lowest BCUT2D eigenvalue weighted by Gasteiger charge is -2.39. The monoisotopic (exact) mass is 239 g/mol. The number of benzene rings is 1. The molecule has 0 aliphatic heterocycles. The highest BCUT2D eigenvalue weighted by molar-refractivity contribution is 5.42. The Hall–Kier alpha value is -1.13. The van der Waals surface area contributed by atoms with Gasteiger partial charge in [0.15, 0.2) is 0 Å². The Morgan fingerprint density at radius 3 is 2.53 bits per heavy atom. The zero-order chi connectivity index (χ0) is 12.5. The topological polar surface area (TPSA) is 44.5 Å². The Kier molecular flexibility index (Phi) is 3.35. The molecule has 2 rings (SSSR count). The van der Waals surface area contributed by atoms with E-state index in [-0.39, 0.29) is 12.4 Å². The van der Waals surface area contributed by atoms with Crippen LogP contribution >= 0.6 is 0 Å². The molecule has 0 heterocycles. The molecule has 1 fully saturated rings. The van der Waals surface area contributed by atoms with Gasteiger partial charge in [-0.3, -0.25) is 0 Å². The number of hydrogen-bond donors (Lipinski definition) is 1. The largest absolute Gasteiger partial charge is 0.496 e. The summed E-state index contributed by atoms with van der Waals surface area (Å²) in [5.74, 6) is 0.226. The van der Waals surface area contributed by atoms with E-state index in [1.807, 2.05) is 0 Å². The Labute approximate surface area is 101 Å². The lowest BCUT2D eigenvalue weighted by Crippen LogP contribution is -2.44. The third-order valence-electron chi connectivity index (χ3n) is 3.49. The predicted octanol–water partition coefficient (Wildman–Crippen LogP) is 2.32. The van der Waals surface area contributed by atoms with Gasteiger partial charge in [0, 0.05) is 18.2 Å². The maximum atomic E-state index is 14.4. The van der Waals surface area contributed by atoms with Crippen LogP contribution in [0.3, 0.4) is 0 Å². The van der Waals surface area contributed by atoms with Crippen LogP contribution in [0.5, 0.6) is 5.75 Å². The Morgan fingerprint density at radius 2 is 2.06 bits per heavy atom. The predicted molar refractivity (Wildman–Crippen MR) is 63.4 cm³/mol. The number of methoxy groups -OCH3 is 2. The first-order chi connectivity index (χ1) is 8.12. The van der Waals surface area contributed by atoms with Crippen molar-refractivity contribution >= 4 is 0 Å². The van der Waals surface area contributed by atoms with Crippen molar-refractivity contribution in [1.82, 2.24) is 0 Å². The van der Waals surface area contributed by atoms with E-state index in [0.29, 0.717) is 16.9 Å². The van der Waals surface area contributed by atoms with E-state index < -0.39 is 5.54 Å². The number of hydrogen-bond acceptors (Lipinski definition) is 3. The molecular weight excluding hydrogens is 221 g/mol. The molecule has 2 N–H and O–H groups in total. The summed E-state index contributed by atoms with van der Waals surface area (Å²) in [6.45, 7) is 0.193. The number of rotatable bonds is 4. The van der Waals surface area contributed by atoms with Gasteiger partial charge in [0.2, 0.25) is 0 Å². The van der Waals surface area contributed by atoms with Gasteiger partial charge in [0.1, 0.15) is 11.6 Å². The van der Waals surface area contributed by atoms with E-state index in [4.69, 9.17) is 15.2 Å². The van der Waals surface area contributed by atoms with Crippen LogP contribution in [0.4, 0.5) is 4.39 Å². The van der Waals surface area contributed by atoms with Gasteiger partial charge in [0.25, 0.3) is 0 Å². The molecule has 0 unspecified atom stereocenters. The summed E-state index contributed by atoms with van der Waals surface area (Å²) in [5.41, 5.74) is 6.69. The summed E-state index contributed by atoms with van der Waals surface area (Å²) in [5, 5.41) is 0. The van der Waals surface area contributed by atoms with Gasteiger partial charge in [-0.2, -0.15) is 0 Å². The maximum Gasteiger partial charge on any atom is 0.137 e. The van der Waals surface area contributed by atoms with Gasteiger partial charge in [0.05, 0.1) is 19.3 Å². The smallest absolute Gasteiger partial charge is 0.137 e. The van der Waals surface area contributed by atoms with Crippen molar-refractivity contribution in [3.05, 3.63) is 29.1 Å². The summed E-state index contributed by atoms with van der Waals surface area (Å²) < 4.78 is 24.5. The Bertz CT molecular complexity index is 416. The highest BCUT2D eigenvalue weighted by Gasteiger charge is 2.37. The summed E-state index contributed by atoms with van der Waals surface area (Å²) >= 11 is 0. The number of halogens is 1. The van der Waals surface area contributed by atoms with Crippen molar-refractivity contribution in [1.29, 1.82) is 0 Å². The fourth-order valence-corrected chi connectivity index (χ4v) is 2.29. The molecule has 0 spiro atoms. The van der Waals surface area contributed by atoms with Gasteiger partial charge < -0.3 is 15.2 Å². The second-order valence-corrected chi connectivity index (χ2v) is 4.55. The first-order valence-corrected chi connectivity index (χ1v) is 5.76. The SMILES string of the molecule is COCc1c(OC)ccc(C2(N)CCC2)c1F. The van der Waals surface area contributed by atoms with Gasteiger partial charge in [-0.1, -0.05) is 6.07 Å². The first kappa shape index (κ1) is 12.3. The minimum Gasteiger partial charge on any atom is -0.496 e. The standard InChI is InChI=1S/C13H18FNO2/c1-16-8-9-11(17-2)5-4-10(12(9)14)13(15)6-3-7-13/h4-5H,3,6-8,15H2,1-2H3. The van der Waals surface area contributed by atoms with Crippen molar-refractivity contribution in [3.8, 4) is 5.75 Å². The molecule has 0 radical (unpaired) electrons. The summed E-state index contributed by atoms with van der Waals surface area (Å²) in [6.07, 6.45) is 2.73. The van der Waals surface area contributed by atoms with Crippen molar-refractivity contribution in [2.24, 2.45) is 5.73 Å². The van der Waals surface area contributed by atoms with Gasteiger partial charge >= 0.3 is 0 Å². The molecule has 4 heteroatoms. The van der Waals surface area contributed by atoms with Crippen molar-refractivity contribution < 1.29 is 13.9 Å². The highest BCUT2D eigenvalue weighted by Crippen LogP contribution is 2.41. The van der Waals surface area contributed by atoms with E-state index in [1.165, 1.54) is 14.2 Å². The van der Waals surface area contributed by atoms with Gasteiger partial charge in [-0.15, -0.1) is 0 Å². The molecule has 17 heavy (non-hydrogen) atoms. The second kappa shape index (κ2) is 4.63. The fourth-order valence-electron chi connectivity index (χ4n) is 2.29. The molecular formula is C13H18FNO2. The van der Waals surface area contributed by atoms with Gasteiger partial charge in [-0.25, -0.2) is 4.39 Å². The molecule has 94 valence electrons. The summed E-state index contributed by atoms with van der Waals surface area (Å²) in [4.78, 5) is 0. The van der Waals surface area contributed by atoms with Crippen LogP contribution < -0.4 is 10.5 Å². The molecule has 0 aromatic heterocycles. The number of nitrogens with two attached hydrogens (primary N) is 1. The number of ether oxygens (including phenoxy) is 2. The van der Waals surface area contributed by atoms with Crippen molar-refractivity contribution in [3.63, 3.8) is 0 Å². The molecule has 0 amide bonds. The zero-order valence-electron chi connectivity index (χ0n) is 10.3. The molecule has 3 nitrogen and oxygen atoms in total. The average Bonchev–Trinajstić information content (AvgIpc) is 2.29. The van der Waals surface area contributed by atoms with Crippen LogP contribution in [0.25, 0.3) is 0 Å². The lowest BCUT2D eigenvalue weighted by atomic mass is 9.72. The molecule has 1 aliphatic carbocycles. The summed E-state index contributed by atoms with van der Waals surface area (Å²) in [6, 6.07) is 3.49. The molecule has 1 aromatic rings. The third-order valence-corrected chi connectivity index (χ3v) is 3.49. The van der Waals surface area contributed by atoms with E-state index in [1.54, 1.807) is 12.1 Å². The molecule has 0 atom stereocenters.